The Morgan fingerprint density at radius 1 is 0.547 bits per heavy atom. The zero-order valence-corrected chi connectivity index (χ0v) is 29.3. The smallest absolute Gasteiger partial charge is 0.364 e. The number of benzene rings is 6. The van der Waals surface area contributed by atoms with Crippen LogP contribution < -0.4 is 10.6 Å². The molecule has 53 heavy (non-hydrogen) atoms. The maximum atomic E-state index is 13.0. The first-order valence-corrected chi connectivity index (χ1v) is 17.2. The molecule has 8 aromatic rings. The van der Waals surface area contributed by atoms with Gasteiger partial charge < -0.3 is 10.6 Å². The van der Waals surface area contributed by atoms with E-state index in [0.29, 0.717) is 29.0 Å². The zero-order valence-electron chi connectivity index (χ0n) is 27.8. The van der Waals surface area contributed by atoms with E-state index in [1.807, 2.05) is 84.9 Å². The molecule has 8 rings (SSSR count). The van der Waals surface area contributed by atoms with Crippen LogP contribution in [-0.4, -0.2) is 20.4 Å². The molecule has 0 aliphatic rings. The Balaban J connectivity index is 0.000000165. The third kappa shape index (κ3) is 8.30. The highest BCUT2D eigenvalue weighted by molar-refractivity contribution is 6.34. The summed E-state index contributed by atoms with van der Waals surface area (Å²) in [4.78, 5) is 0. The van der Waals surface area contributed by atoms with Crippen molar-refractivity contribution in [2.75, 3.05) is 10.6 Å². The van der Waals surface area contributed by atoms with Crippen molar-refractivity contribution in [1.82, 2.24) is 20.4 Å². The molecule has 0 radical (unpaired) electrons. The Hall–Kier alpha value is -5.84. The molecule has 266 valence electrons. The summed E-state index contributed by atoms with van der Waals surface area (Å²) in [6, 6.07) is 38.9. The van der Waals surface area contributed by atoms with Gasteiger partial charge in [0.25, 0.3) is 0 Å². The summed E-state index contributed by atoms with van der Waals surface area (Å²) >= 11 is 12.8. The summed E-state index contributed by atoms with van der Waals surface area (Å²) in [5.41, 5.74) is 6.57. The number of rotatable bonds is 8. The molecule has 0 aliphatic heterocycles. The van der Waals surface area contributed by atoms with Crippen LogP contribution in [0, 0.1) is 5.82 Å². The number of aromatic nitrogens is 4. The van der Waals surface area contributed by atoms with E-state index >= 15 is 0 Å². The highest BCUT2D eigenvalue weighted by Gasteiger charge is 2.29. The van der Waals surface area contributed by atoms with Crippen LogP contribution in [0.3, 0.4) is 0 Å². The first kappa shape index (κ1) is 35.6. The van der Waals surface area contributed by atoms with Crippen molar-refractivity contribution in [2.24, 2.45) is 0 Å². The second-order valence-corrected chi connectivity index (χ2v) is 13.0. The molecule has 4 N–H and O–H groups in total. The van der Waals surface area contributed by atoms with E-state index in [9.17, 15) is 17.6 Å². The maximum absolute atomic E-state index is 13.0. The number of anilines is 2. The largest absolute Gasteiger partial charge is 0.416 e. The SMILES string of the molecule is FC(F)(F)c1ccc(CNc2n[nH]c3cc(Cl)c(-c4ccccc4)cc23)cc1.Fc1ccc(CNc2n[nH]c3cc(Cl)c(-c4ccccc4)cc23)cc1. The molecule has 6 aromatic carbocycles. The highest BCUT2D eigenvalue weighted by Crippen LogP contribution is 2.36. The molecule has 0 bridgehead atoms. The van der Waals surface area contributed by atoms with Gasteiger partial charge in [0.15, 0.2) is 11.6 Å². The Kier molecular flexibility index (Phi) is 10.3. The topological polar surface area (TPSA) is 81.4 Å². The minimum Gasteiger partial charge on any atom is -0.364 e. The fourth-order valence-corrected chi connectivity index (χ4v) is 6.35. The maximum Gasteiger partial charge on any atom is 0.416 e. The van der Waals surface area contributed by atoms with Crippen molar-refractivity contribution >= 4 is 56.6 Å². The normalized spacial score (nSPS) is 11.4. The van der Waals surface area contributed by atoms with Crippen molar-refractivity contribution in [3.8, 4) is 22.3 Å². The summed E-state index contributed by atoms with van der Waals surface area (Å²) in [6.07, 6.45) is -4.34. The van der Waals surface area contributed by atoms with Gasteiger partial charge in [-0.1, -0.05) is 108 Å². The molecule has 0 atom stereocenters. The molecule has 2 heterocycles. The zero-order chi connectivity index (χ0) is 37.0. The predicted molar refractivity (Wildman–Crippen MR) is 206 cm³/mol. The van der Waals surface area contributed by atoms with Gasteiger partial charge in [0, 0.05) is 35.0 Å². The van der Waals surface area contributed by atoms with Crippen molar-refractivity contribution in [3.63, 3.8) is 0 Å². The lowest BCUT2D eigenvalue weighted by Gasteiger charge is -2.09. The molecule has 0 amide bonds. The fourth-order valence-electron chi connectivity index (χ4n) is 5.81. The summed E-state index contributed by atoms with van der Waals surface area (Å²) in [5, 5.41) is 24.1. The number of aromatic amines is 2. The van der Waals surface area contributed by atoms with Gasteiger partial charge >= 0.3 is 6.18 Å². The fraction of sp³-hybridized carbons (Fsp3) is 0.0732. The summed E-state index contributed by atoms with van der Waals surface area (Å²) < 4.78 is 51.0. The predicted octanol–water partition coefficient (Wildman–Crippen LogP) is 12.1. The molecular formula is C41H30Cl2F4N6. The standard InChI is InChI=1S/C21H15ClF3N3.C20H15ClFN3/c22-18-11-19-17(10-16(18)14-4-2-1-3-5-14)20(28-27-19)26-12-13-6-8-15(9-7-13)21(23,24)25;21-18-11-19-17(10-16(18)14-4-2-1-3-5-14)20(25-24-19)23-12-13-6-8-15(22)9-7-13/h1-11H,12H2,(H2,26,27,28);1-11H,12H2,(H2,23,24,25). The molecule has 0 fully saturated rings. The lowest BCUT2D eigenvalue weighted by Crippen LogP contribution is -2.05. The van der Waals surface area contributed by atoms with Crippen LogP contribution in [0.4, 0.5) is 29.2 Å². The third-order valence-electron chi connectivity index (χ3n) is 8.58. The van der Waals surface area contributed by atoms with E-state index in [1.165, 1.54) is 24.3 Å². The Morgan fingerprint density at radius 3 is 1.38 bits per heavy atom. The van der Waals surface area contributed by atoms with Crippen LogP contribution in [0.1, 0.15) is 16.7 Å². The quantitative estimate of drug-likeness (QED) is 0.117. The molecule has 0 spiro atoms. The molecule has 6 nitrogen and oxygen atoms in total. The van der Waals surface area contributed by atoms with E-state index in [2.05, 4.69) is 31.0 Å². The van der Waals surface area contributed by atoms with Gasteiger partial charge in [0.2, 0.25) is 0 Å². The summed E-state index contributed by atoms with van der Waals surface area (Å²) in [7, 11) is 0. The first-order valence-electron chi connectivity index (χ1n) is 16.5. The van der Waals surface area contributed by atoms with Crippen LogP contribution >= 0.6 is 23.2 Å². The molecule has 2 aromatic heterocycles. The minimum absolute atomic E-state index is 0.240. The summed E-state index contributed by atoms with van der Waals surface area (Å²) in [6.45, 7) is 0.908. The lowest BCUT2D eigenvalue weighted by atomic mass is 10.0. The molecule has 0 aliphatic carbocycles. The van der Waals surface area contributed by atoms with Crippen molar-refractivity contribution < 1.29 is 17.6 Å². The molecule has 0 saturated carbocycles. The van der Waals surface area contributed by atoms with Crippen LogP contribution in [0.5, 0.6) is 0 Å². The van der Waals surface area contributed by atoms with Crippen LogP contribution in [0.15, 0.2) is 133 Å². The first-order chi connectivity index (χ1) is 25.6. The van der Waals surface area contributed by atoms with Gasteiger partial charge in [-0.2, -0.15) is 23.4 Å². The average molecular weight is 754 g/mol. The van der Waals surface area contributed by atoms with E-state index < -0.39 is 11.7 Å². The Labute approximate surface area is 311 Å². The summed E-state index contributed by atoms with van der Waals surface area (Å²) in [5.74, 6) is 1.12. The van der Waals surface area contributed by atoms with Crippen molar-refractivity contribution in [3.05, 3.63) is 166 Å². The van der Waals surface area contributed by atoms with E-state index in [0.717, 1.165) is 73.1 Å². The van der Waals surface area contributed by atoms with Gasteiger partial charge in [-0.3, -0.25) is 10.2 Å². The van der Waals surface area contributed by atoms with Gasteiger partial charge in [0.1, 0.15) is 5.82 Å². The van der Waals surface area contributed by atoms with Crippen molar-refractivity contribution in [1.29, 1.82) is 0 Å². The number of nitrogens with one attached hydrogen (secondary N) is 4. The molecular weight excluding hydrogens is 723 g/mol. The van der Waals surface area contributed by atoms with Crippen molar-refractivity contribution in [2.45, 2.75) is 19.3 Å². The lowest BCUT2D eigenvalue weighted by molar-refractivity contribution is -0.137. The number of alkyl halides is 3. The number of H-pyrrole nitrogens is 2. The molecule has 12 heteroatoms. The van der Waals surface area contributed by atoms with Gasteiger partial charge in [-0.15, -0.1) is 0 Å². The molecule has 0 unspecified atom stereocenters. The average Bonchev–Trinajstić information content (AvgIpc) is 3.76. The number of hydrogen-bond acceptors (Lipinski definition) is 4. The van der Waals surface area contributed by atoms with Crippen LogP contribution in [0.2, 0.25) is 10.0 Å². The van der Waals surface area contributed by atoms with Crippen LogP contribution in [0.25, 0.3) is 44.1 Å². The number of halogens is 6. The second kappa shape index (κ2) is 15.4. The van der Waals surface area contributed by atoms with E-state index in [4.69, 9.17) is 23.2 Å². The van der Waals surface area contributed by atoms with E-state index in [1.54, 1.807) is 12.1 Å². The van der Waals surface area contributed by atoms with Crippen LogP contribution in [-0.2, 0) is 19.3 Å². The highest BCUT2D eigenvalue weighted by atomic mass is 35.5. The number of nitrogens with zero attached hydrogens (tertiary/aromatic N) is 2. The van der Waals surface area contributed by atoms with E-state index in [-0.39, 0.29) is 5.82 Å². The Bertz CT molecular complexity index is 2460. The monoisotopic (exact) mass is 752 g/mol. The van der Waals surface area contributed by atoms with Gasteiger partial charge in [-0.05, 0) is 70.8 Å². The third-order valence-corrected chi connectivity index (χ3v) is 9.21. The van der Waals surface area contributed by atoms with Gasteiger partial charge in [0.05, 0.1) is 26.6 Å². The second-order valence-electron chi connectivity index (χ2n) is 12.2. The number of hydrogen-bond donors (Lipinski definition) is 4. The Morgan fingerprint density at radius 2 is 0.962 bits per heavy atom. The van der Waals surface area contributed by atoms with Gasteiger partial charge in [-0.25, -0.2) is 4.39 Å². The minimum atomic E-state index is -4.34. The molecule has 0 saturated heterocycles. The number of fused-ring (bicyclic) bond motifs is 2.